The number of ether oxygens (including phenoxy) is 1. The molecule has 29 heavy (non-hydrogen) atoms. The summed E-state index contributed by atoms with van der Waals surface area (Å²) in [6, 6.07) is 13.0. The number of benzene rings is 1. The van der Waals surface area contributed by atoms with Gasteiger partial charge in [0.25, 0.3) is 5.91 Å². The molecule has 148 valence electrons. The van der Waals surface area contributed by atoms with E-state index in [9.17, 15) is 4.79 Å². The van der Waals surface area contributed by atoms with Gasteiger partial charge in [0.15, 0.2) is 5.11 Å². The fourth-order valence-electron chi connectivity index (χ4n) is 3.27. The predicted molar refractivity (Wildman–Crippen MR) is 115 cm³/mol. The van der Waals surface area contributed by atoms with E-state index < -0.39 is 0 Å². The molecule has 1 aliphatic rings. The monoisotopic (exact) mass is 407 g/mol. The molecule has 1 amide bonds. The number of nitrogens with zero attached hydrogens (tertiary/aromatic N) is 2. The van der Waals surface area contributed by atoms with E-state index in [1.165, 1.54) is 0 Å². The Morgan fingerprint density at radius 1 is 1.17 bits per heavy atom. The first-order chi connectivity index (χ1) is 14.2. The zero-order valence-electron chi connectivity index (χ0n) is 15.7. The zero-order valence-corrected chi connectivity index (χ0v) is 16.5. The van der Waals surface area contributed by atoms with Gasteiger partial charge < -0.3 is 10.1 Å². The molecule has 3 heterocycles. The molecule has 0 unspecified atom stereocenters. The van der Waals surface area contributed by atoms with Crippen LogP contribution in [-0.4, -0.2) is 40.2 Å². The minimum Gasteiger partial charge on any atom is -0.376 e. The molecule has 0 aliphatic carbocycles. The van der Waals surface area contributed by atoms with Gasteiger partial charge in [-0.15, -0.1) is 0 Å². The van der Waals surface area contributed by atoms with E-state index in [1.54, 1.807) is 18.5 Å². The van der Waals surface area contributed by atoms with E-state index in [-0.39, 0.29) is 12.0 Å². The molecule has 3 aromatic rings. The lowest BCUT2D eigenvalue weighted by molar-refractivity contribution is 0.0944. The second-order valence-corrected chi connectivity index (χ2v) is 7.14. The molecule has 0 spiro atoms. The van der Waals surface area contributed by atoms with Crippen LogP contribution in [0.25, 0.3) is 22.2 Å². The summed E-state index contributed by atoms with van der Waals surface area (Å²) in [5.41, 5.74) is 8.28. The third-order valence-electron chi connectivity index (χ3n) is 4.74. The number of rotatable bonds is 4. The average molecular weight is 407 g/mol. The van der Waals surface area contributed by atoms with Gasteiger partial charge in [-0.2, -0.15) is 0 Å². The van der Waals surface area contributed by atoms with Crippen molar-refractivity contribution in [2.45, 2.75) is 18.9 Å². The number of nitrogens with one attached hydrogen (secondary N) is 3. The van der Waals surface area contributed by atoms with E-state index in [0.29, 0.717) is 22.9 Å². The standard InChI is InChI=1S/C21H21N5O2S/c27-20(25-26-21(29)23-13-15-4-3-11-28-15)17-12-19(14-7-9-22-10-8-14)24-18-6-2-1-5-16(17)18/h1-2,5-10,12,15H,3-4,11,13H2,(H,25,27)(H2,23,26,29)/t15-/m1/s1. The van der Waals surface area contributed by atoms with Crippen LogP contribution in [0.2, 0.25) is 0 Å². The fraction of sp³-hybridized carbons (Fsp3) is 0.238. The Labute approximate surface area is 173 Å². The third-order valence-corrected chi connectivity index (χ3v) is 4.99. The topological polar surface area (TPSA) is 88.2 Å². The number of para-hydroxylation sites is 1. The van der Waals surface area contributed by atoms with Crippen LogP contribution in [0, 0.1) is 0 Å². The number of carbonyl (C=O) groups is 1. The Bertz CT molecular complexity index is 1020. The fourth-order valence-corrected chi connectivity index (χ4v) is 3.41. The number of aromatic nitrogens is 2. The Morgan fingerprint density at radius 3 is 2.79 bits per heavy atom. The molecule has 8 heteroatoms. The highest BCUT2D eigenvalue weighted by molar-refractivity contribution is 7.80. The van der Waals surface area contributed by atoms with Gasteiger partial charge in [0.2, 0.25) is 0 Å². The molecule has 1 atom stereocenters. The summed E-state index contributed by atoms with van der Waals surface area (Å²) in [5, 5.41) is 4.18. The van der Waals surface area contributed by atoms with Gasteiger partial charge in [0, 0.05) is 36.5 Å². The largest absolute Gasteiger partial charge is 0.376 e. The first kappa shape index (κ1) is 19.2. The molecule has 1 aliphatic heterocycles. The Kier molecular flexibility index (Phi) is 5.92. The maximum Gasteiger partial charge on any atom is 0.270 e. The molecule has 0 bridgehead atoms. The minimum absolute atomic E-state index is 0.164. The van der Waals surface area contributed by atoms with Crippen molar-refractivity contribution < 1.29 is 9.53 Å². The van der Waals surface area contributed by atoms with E-state index in [4.69, 9.17) is 17.0 Å². The van der Waals surface area contributed by atoms with Gasteiger partial charge in [0.1, 0.15) is 0 Å². The van der Waals surface area contributed by atoms with Crippen molar-refractivity contribution in [3.8, 4) is 11.3 Å². The Morgan fingerprint density at radius 2 is 2.00 bits per heavy atom. The summed E-state index contributed by atoms with van der Waals surface area (Å²) >= 11 is 5.24. The highest BCUT2D eigenvalue weighted by Gasteiger charge is 2.16. The number of thiocarbonyl (C=S) groups is 1. The van der Waals surface area contributed by atoms with Gasteiger partial charge in [-0.1, -0.05) is 18.2 Å². The van der Waals surface area contributed by atoms with Gasteiger partial charge in [-0.05, 0) is 49.3 Å². The summed E-state index contributed by atoms with van der Waals surface area (Å²) in [6.45, 7) is 1.41. The van der Waals surface area contributed by atoms with E-state index >= 15 is 0 Å². The number of fused-ring (bicyclic) bond motifs is 1. The van der Waals surface area contributed by atoms with Crippen molar-refractivity contribution in [3.05, 3.63) is 60.4 Å². The predicted octanol–water partition coefficient (Wildman–Crippen LogP) is 2.58. The van der Waals surface area contributed by atoms with Crippen molar-refractivity contribution in [2.75, 3.05) is 13.2 Å². The van der Waals surface area contributed by atoms with Crippen LogP contribution in [-0.2, 0) is 4.74 Å². The molecule has 1 saturated heterocycles. The molecule has 4 rings (SSSR count). The van der Waals surface area contributed by atoms with Crippen LogP contribution in [0.15, 0.2) is 54.9 Å². The number of amides is 1. The second-order valence-electron chi connectivity index (χ2n) is 6.73. The number of hydrogen-bond acceptors (Lipinski definition) is 5. The van der Waals surface area contributed by atoms with Crippen LogP contribution in [0.3, 0.4) is 0 Å². The zero-order chi connectivity index (χ0) is 20.1. The van der Waals surface area contributed by atoms with Gasteiger partial charge >= 0.3 is 0 Å². The van der Waals surface area contributed by atoms with Gasteiger partial charge in [0.05, 0.1) is 22.9 Å². The summed E-state index contributed by atoms with van der Waals surface area (Å²) in [5.74, 6) is -0.292. The van der Waals surface area contributed by atoms with Crippen molar-refractivity contribution in [1.82, 2.24) is 26.1 Å². The Hall–Kier alpha value is -3.10. The van der Waals surface area contributed by atoms with Crippen molar-refractivity contribution in [2.24, 2.45) is 0 Å². The van der Waals surface area contributed by atoms with Crippen LogP contribution in [0.1, 0.15) is 23.2 Å². The number of hydrazine groups is 1. The van der Waals surface area contributed by atoms with E-state index in [0.717, 1.165) is 35.9 Å². The molecule has 2 aromatic heterocycles. The second kappa shape index (κ2) is 8.93. The Balaban J connectivity index is 1.49. The highest BCUT2D eigenvalue weighted by atomic mass is 32.1. The first-order valence-corrected chi connectivity index (χ1v) is 9.87. The lowest BCUT2D eigenvalue weighted by Crippen LogP contribution is -2.48. The summed E-state index contributed by atoms with van der Waals surface area (Å²) in [7, 11) is 0. The lowest BCUT2D eigenvalue weighted by atomic mass is 10.0. The van der Waals surface area contributed by atoms with Crippen molar-refractivity contribution >= 4 is 34.1 Å². The molecule has 0 radical (unpaired) electrons. The van der Waals surface area contributed by atoms with E-state index in [1.807, 2.05) is 36.4 Å². The number of carbonyl (C=O) groups excluding carboxylic acids is 1. The van der Waals surface area contributed by atoms with Crippen LogP contribution >= 0.6 is 12.2 Å². The molecule has 1 aromatic carbocycles. The normalized spacial score (nSPS) is 15.8. The summed E-state index contributed by atoms with van der Waals surface area (Å²) in [4.78, 5) is 21.6. The SMILES string of the molecule is O=C(NNC(=S)NC[C@H]1CCCO1)c1cc(-c2ccncc2)nc2ccccc12. The van der Waals surface area contributed by atoms with Crippen LogP contribution in [0.5, 0.6) is 0 Å². The molecule has 1 fully saturated rings. The maximum atomic E-state index is 12.9. The molecular weight excluding hydrogens is 386 g/mol. The van der Waals surface area contributed by atoms with Gasteiger partial charge in [-0.25, -0.2) is 4.98 Å². The van der Waals surface area contributed by atoms with Crippen LogP contribution in [0.4, 0.5) is 0 Å². The van der Waals surface area contributed by atoms with Crippen LogP contribution < -0.4 is 16.2 Å². The third kappa shape index (κ3) is 4.67. The van der Waals surface area contributed by atoms with Crippen molar-refractivity contribution in [3.63, 3.8) is 0 Å². The molecule has 3 N–H and O–H groups in total. The smallest absolute Gasteiger partial charge is 0.270 e. The van der Waals surface area contributed by atoms with E-state index in [2.05, 4.69) is 26.1 Å². The number of pyridine rings is 2. The quantitative estimate of drug-likeness (QED) is 0.453. The minimum atomic E-state index is -0.292. The highest BCUT2D eigenvalue weighted by Crippen LogP contribution is 2.24. The maximum absolute atomic E-state index is 12.9. The summed E-state index contributed by atoms with van der Waals surface area (Å²) < 4.78 is 5.55. The first-order valence-electron chi connectivity index (χ1n) is 9.47. The average Bonchev–Trinajstić information content (AvgIpc) is 3.29. The summed E-state index contributed by atoms with van der Waals surface area (Å²) in [6.07, 6.45) is 5.65. The number of hydrogen-bond donors (Lipinski definition) is 3. The lowest BCUT2D eigenvalue weighted by Gasteiger charge is -2.15. The molecule has 0 saturated carbocycles. The van der Waals surface area contributed by atoms with Gasteiger partial charge in [-0.3, -0.25) is 20.6 Å². The van der Waals surface area contributed by atoms with Crippen molar-refractivity contribution in [1.29, 1.82) is 0 Å². The molecule has 7 nitrogen and oxygen atoms in total. The molecular formula is C21H21N5O2S.